The number of anilines is 1. The zero-order valence-electron chi connectivity index (χ0n) is 18.3. The number of nitrogens with zero attached hydrogens (tertiary/aromatic N) is 2. The number of Topliss-reactive ketones (excluding diaryl/α,β-unsaturated/α-hetero) is 1. The van der Waals surface area contributed by atoms with E-state index < -0.39 is 5.92 Å². The molecule has 0 saturated carbocycles. The Bertz CT molecular complexity index is 1180. The minimum absolute atomic E-state index is 0.0890. The van der Waals surface area contributed by atoms with Gasteiger partial charge >= 0.3 is 0 Å². The van der Waals surface area contributed by atoms with E-state index in [1.54, 1.807) is 11.3 Å². The van der Waals surface area contributed by atoms with Gasteiger partial charge < -0.3 is 5.73 Å². The van der Waals surface area contributed by atoms with E-state index in [-0.39, 0.29) is 11.2 Å². The largest absolute Gasteiger partial charge is 0.384 e. The number of carbonyl (C=O) groups excluding carboxylic acids is 1. The first-order valence-electron chi connectivity index (χ1n) is 10.5. The van der Waals surface area contributed by atoms with Gasteiger partial charge in [0, 0.05) is 38.2 Å². The number of halogens is 1. The van der Waals surface area contributed by atoms with E-state index in [0.29, 0.717) is 34.8 Å². The summed E-state index contributed by atoms with van der Waals surface area (Å²) >= 11 is 8.08. The Morgan fingerprint density at radius 2 is 2.03 bits per heavy atom. The van der Waals surface area contributed by atoms with Crippen LogP contribution in [0.3, 0.4) is 0 Å². The van der Waals surface area contributed by atoms with Crippen molar-refractivity contribution >= 4 is 34.4 Å². The number of hydrogen-bond donors (Lipinski definition) is 1. The summed E-state index contributed by atoms with van der Waals surface area (Å²) in [6, 6.07) is 12.2. The Labute approximate surface area is 192 Å². The molecule has 0 spiro atoms. The van der Waals surface area contributed by atoms with Crippen molar-refractivity contribution < 1.29 is 4.79 Å². The van der Waals surface area contributed by atoms with Gasteiger partial charge in [0.25, 0.3) is 0 Å². The van der Waals surface area contributed by atoms with Crippen LogP contribution < -0.4 is 10.6 Å². The second-order valence-electron chi connectivity index (χ2n) is 9.07. The van der Waals surface area contributed by atoms with Crippen molar-refractivity contribution in [3.05, 3.63) is 73.3 Å². The van der Waals surface area contributed by atoms with Crippen molar-refractivity contribution in [1.82, 2.24) is 0 Å². The average molecular weight is 452 g/mol. The number of hydrogen-bond acceptors (Lipinski definition) is 5. The molecule has 31 heavy (non-hydrogen) atoms. The van der Waals surface area contributed by atoms with Crippen molar-refractivity contribution in [1.29, 1.82) is 5.26 Å². The number of thiophene rings is 1. The Balaban J connectivity index is 1.99. The molecule has 0 unspecified atom stereocenters. The van der Waals surface area contributed by atoms with E-state index in [2.05, 4.69) is 32.9 Å². The first-order valence-corrected chi connectivity index (χ1v) is 11.7. The minimum atomic E-state index is -0.411. The Hall–Kier alpha value is -2.55. The average Bonchev–Trinajstić information content (AvgIpc) is 3.17. The molecule has 4 rings (SSSR count). The lowest BCUT2D eigenvalue weighted by molar-refractivity contribution is -0.118. The van der Waals surface area contributed by atoms with Crippen molar-refractivity contribution in [2.24, 2.45) is 11.1 Å². The molecule has 160 valence electrons. The lowest BCUT2D eigenvalue weighted by Crippen LogP contribution is -2.42. The molecule has 0 bridgehead atoms. The molecule has 2 aromatic rings. The van der Waals surface area contributed by atoms with Crippen LogP contribution >= 0.6 is 22.9 Å². The first-order chi connectivity index (χ1) is 14.7. The topological polar surface area (TPSA) is 70.1 Å². The highest BCUT2D eigenvalue weighted by molar-refractivity contribution is 7.12. The summed E-state index contributed by atoms with van der Waals surface area (Å²) in [4.78, 5) is 17.6. The predicted octanol–water partition coefficient (Wildman–Crippen LogP) is 6.21. The molecule has 0 fully saturated rings. The van der Waals surface area contributed by atoms with Crippen LogP contribution in [0.4, 0.5) is 5.69 Å². The number of allylic oxidation sites excluding steroid dienone is 3. The molecule has 0 amide bonds. The number of aryl methyl sites for hydroxylation is 2. The summed E-state index contributed by atoms with van der Waals surface area (Å²) in [7, 11) is 0. The van der Waals surface area contributed by atoms with Gasteiger partial charge in [-0.15, -0.1) is 11.3 Å². The van der Waals surface area contributed by atoms with Gasteiger partial charge in [0.1, 0.15) is 5.82 Å². The van der Waals surface area contributed by atoms with Crippen LogP contribution in [0.25, 0.3) is 0 Å². The molecular formula is C25H26ClN3OS. The molecule has 4 nitrogen and oxygen atoms in total. The summed E-state index contributed by atoms with van der Waals surface area (Å²) in [5.74, 6) is 0.0559. The van der Waals surface area contributed by atoms with Gasteiger partial charge in [0.2, 0.25) is 0 Å². The van der Waals surface area contributed by atoms with Crippen molar-refractivity contribution in [3.63, 3.8) is 0 Å². The van der Waals surface area contributed by atoms with Gasteiger partial charge in [-0.2, -0.15) is 5.26 Å². The molecule has 2 aliphatic rings. The second kappa shape index (κ2) is 7.85. The fourth-order valence-corrected chi connectivity index (χ4v) is 5.80. The molecule has 2 heterocycles. The van der Waals surface area contributed by atoms with Crippen molar-refractivity contribution in [3.8, 4) is 6.07 Å². The smallest absolute Gasteiger partial charge is 0.162 e. The van der Waals surface area contributed by atoms with E-state index in [1.807, 2.05) is 36.1 Å². The SMILES string of the molecule is CCc1ccc([C@H]2C(C#N)=C(N)N(c3ccc(C)c(Cl)c3)C3=C2C(=O)CC(C)(C)C3)s1. The zero-order chi connectivity index (χ0) is 22.5. The maximum absolute atomic E-state index is 13.5. The molecular weight excluding hydrogens is 426 g/mol. The van der Waals surface area contributed by atoms with Gasteiger partial charge in [-0.25, -0.2) is 0 Å². The Morgan fingerprint density at radius 1 is 1.29 bits per heavy atom. The van der Waals surface area contributed by atoms with Gasteiger partial charge in [0.15, 0.2) is 5.78 Å². The third kappa shape index (κ3) is 3.69. The number of nitriles is 1. The maximum atomic E-state index is 13.5. The summed E-state index contributed by atoms with van der Waals surface area (Å²) < 4.78 is 0. The minimum Gasteiger partial charge on any atom is -0.384 e. The highest BCUT2D eigenvalue weighted by Crippen LogP contribution is 2.51. The quantitative estimate of drug-likeness (QED) is 0.601. The second-order valence-corrected chi connectivity index (χ2v) is 10.7. The third-order valence-corrected chi connectivity index (χ3v) is 7.81. The molecule has 1 aromatic carbocycles. The van der Waals surface area contributed by atoms with Crippen LogP contribution in [0.1, 0.15) is 54.8 Å². The molecule has 6 heteroatoms. The lowest BCUT2D eigenvalue weighted by atomic mass is 9.69. The summed E-state index contributed by atoms with van der Waals surface area (Å²) in [6.45, 7) is 8.25. The van der Waals surface area contributed by atoms with Crippen LogP contribution in [0, 0.1) is 23.7 Å². The number of benzene rings is 1. The molecule has 1 aromatic heterocycles. The van der Waals surface area contributed by atoms with E-state index in [1.165, 1.54) is 4.88 Å². The van der Waals surface area contributed by atoms with Crippen molar-refractivity contribution in [2.75, 3.05) is 4.90 Å². The van der Waals surface area contributed by atoms with E-state index in [9.17, 15) is 10.1 Å². The molecule has 1 atom stereocenters. The summed E-state index contributed by atoms with van der Waals surface area (Å²) in [6.07, 6.45) is 2.07. The monoisotopic (exact) mass is 451 g/mol. The maximum Gasteiger partial charge on any atom is 0.162 e. The van der Waals surface area contributed by atoms with E-state index >= 15 is 0 Å². The zero-order valence-corrected chi connectivity index (χ0v) is 19.8. The first kappa shape index (κ1) is 21.7. The number of ketones is 1. The molecule has 0 radical (unpaired) electrons. The molecule has 1 aliphatic carbocycles. The fraction of sp³-hybridized carbons (Fsp3) is 0.360. The number of carbonyl (C=O) groups is 1. The highest BCUT2D eigenvalue weighted by Gasteiger charge is 2.45. The van der Waals surface area contributed by atoms with Crippen LogP contribution in [-0.4, -0.2) is 5.78 Å². The summed E-state index contributed by atoms with van der Waals surface area (Å²) in [5.41, 5.74) is 10.2. The van der Waals surface area contributed by atoms with Gasteiger partial charge in [-0.3, -0.25) is 9.69 Å². The van der Waals surface area contributed by atoms with E-state index in [4.69, 9.17) is 17.3 Å². The van der Waals surface area contributed by atoms with Gasteiger partial charge in [0.05, 0.1) is 17.6 Å². The van der Waals surface area contributed by atoms with Crippen molar-refractivity contribution in [2.45, 2.75) is 52.9 Å². The molecule has 0 saturated heterocycles. The molecule has 1 aliphatic heterocycles. The Kier molecular flexibility index (Phi) is 5.49. The third-order valence-electron chi connectivity index (χ3n) is 6.11. The lowest BCUT2D eigenvalue weighted by Gasteiger charge is -2.43. The predicted molar refractivity (Wildman–Crippen MR) is 127 cm³/mol. The van der Waals surface area contributed by atoms with Crippen LogP contribution in [0.15, 0.2) is 53.0 Å². The Morgan fingerprint density at radius 3 is 2.65 bits per heavy atom. The summed E-state index contributed by atoms with van der Waals surface area (Å²) in [5, 5.41) is 10.8. The fourth-order valence-electron chi connectivity index (χ4n) is 4.55. The molecule has 2 N–H and O–H groups in total. The van der Waals surface area contributed by atoms with Gasteiger partial charge in [-0.1, -0.05) is 38.4 Å². The van der Waals surface area contributed by atoms with Crippen LogP contribution in [0.2, 0.25) is 5.02 Å². The number of rotatable bonds is 3. The van der Waals surface area contributed by atoms with Gasteiger partial charge in [-0.05, 0) is 55.0 Å². The highest BCUT2D eigenvalue weighted by atomic mass is 35.5. The standard InChI is InChI=1S/C25H26ClN3OS/c1-5-16-8-9-21(31-16)22-17(13-27)24(28)29(15-7-6-14(2)18(26)10-15)19-11-25(3,4)12-20(30)23(19)22/h6-10,22H,5,11-12,28H2,1-4H3/t22-/m1/s1. The van der Waals surface area contributed by atoms with Crippen LogP contribution in [-0.2, 0) is 11.2 Å². The number of nitrogens with two attached hydrogens (primary N) is 1. The van der Waals surface area contributed by atoms with E-state index in [0.717, 1.165) is 28.2 Å². The normalized spacial score (nSPS) is 20.7. The van der Waals surface area contributed by atoms with Crippen LogP contribution in [0.5, 0.6) is 0 Å².